The highest BCUT2D eigenvalue weighted by Gasteiger charge is 2.27. The fourth-order valence-electron chi connectivity index (χ4n) is 2.67. The molecule has 1 atom stereocenters. The van der Waals surface area contributed by atoms with Crippen molar-refractivity contribution in [3.8, 4) is 0 Å². The van der Waals surface area contributed by atoms with Crippen molar-refractivity contribution >= 4 is 28.2 Å². The van der Waals surface area contributed by atoms with E-state index in [0.29, 0.717) is 17.6 Å². The van der Waals surface area contributed by atoms with E-state index in [9.17, 15) is 4.79 Å². The first kappa shape index (κ1) is 15.9. The molecule has 1 saturated heterocycles. The Kier molecular flexibility index (Phi) is 4.85. The topological polar surface area (TPSA) is 71.0 Å². The van der Waals surface area contributed by atoms with Gasteiger partial charge in [-0.25, -0.2) is 9.97 Å². The number of hydrogen-bond donors (Lipinski definition) is 1. The molecule has 6 nitrogen and oxygen atoms in total. The third-order valence-electron chi connectivity index (χ3n) is 4.01. The molecule has 3 heterocycles. The highest BCUT2D eigenvalue weighted by molar-refractivity contribution is 7.13. The minimum Gasteiger partial charge on any atom is -0.355 e. The van der Waals surface area contributed by atoms with Crippen molar-refractivity contribution in [2.45, 2.75) is 32.6 Å². The van der Waals surface area contributed by atoms with Gasteiger partial charge in [-0.2, -0.15) is 0 Å². The van der Waals surface area contributed by atoms with E-state index in [-0.39, 0.29) is 11.8 Å². The van der Waals surface area contributed by atoms with Gasteiger partial charge in [0.25, 0.3) is 0 Å². The van der Waals surface area contributed by atoms with Gasteiger partial charge in [-0.1, -0.05) is 13.8 Å². The van der Waals surface area contributed by atoms with Gasteiger partial charge >= 0.3 is 0 Å². The molecule has 23 heavy (non-hydrogen) atoms. The van der Waals surface area contributed by atoms with Crippen molar-refractivity contribution in [1.82, 2.24) is 15.0 Å². The van der Waals surface area contributed by atoms with Gasteiger partial charge in [0, 0.05) is 30.9 Å². The summed E-state index contributed by atoms with van der Waals surface area (Å²) in [6.45, 7) is 5.78. The van der Waals surface area contributed by atoms with Crippen LogP contribution in [0.2, 0.25) is 0 Å². The first-order chi connectivity index (χ1) is 11.1. The summed E-state index contributed by atoms with van der Waals surface area (Å²) >= 11 is 1.49. The maximum Gasteiger partial charge on any atom is 0.231 e. The predicted octanol–water partition coefficient (Wildman–Crippen LogP) is 2.91. The number of anilines is 2. The molecular formula is C16H21N5OS. The van der Waals surface area contributed by atoms with E-state index < -0.39 is 0 Å². The SMILES string of the molecule is CC(C)c1csc(NC(=O)[C@@H]2CCCN(c3cnccn3)C2)n1. The van der Waals surface area contributed by atoms with Crippen LogP contribution < -0.4 is 10.2 Å². The van der Waals surface area contributed by atoms with E-state index in [4.69, 9.17) is 0 Å². The zero-order valence-corrected chi connectivity index (χ0v) is 14.2. The summed E-state index contributed by atoms with van der Waals surface area (Å²) in [6.07, 6.45) is 6.96. The third-order valence-corrected chi connectivity index (χ3v) is 4.79. The van der Waals surface area contributed by atoms with E-state index in [0.717, 1.165) is 30.9 Å². The van der Waals surface area contributed by atoms with Crippen molar-refractivity contribution in [2.24, 2.45) is 5.92 Å². The van der Waals surface area contributed by atoms with Crippen LogP contribution >= 0.6 is 11.3 Å². The normalized spacial score (nSPS) is 18.2. The van der Waals surface area contributed by atoms with Crippen LogP contribution in [0.15, 0.2) is 24.0 Å². The summed E-state index contributed by atoms with van der Waals surface area (Å²) < 4.78 is 0. The standard InChI is InChI=1S/C16H21N5OS/c1-11(2)13-10-23-16(19-13)20-15(22)12-4-3-7-21(9-12)14-8-17-5-6-18-14/h5-6,8,10-12H,3-4,7,9H2,1-2H3,(H,19,20,22)/t12-/m1/s1. The van der Waals surface area contributed by atoms with Crippen LogP contribution in [0.5, 0.6) is 0 Å². The second kappa shape index (κ2) is 7.04. The van der Waals surface area contributed by atoms with E-state index >= 15 is 0 Å². The molecular weight excluding hydrogens is 310 g/mol. The molecule has 0 radical (unpaired) electrons. The van der Waals surface area contributed by atoms with E-state index in [1.807, 2.05) is 5.38 Å². The first-order valence-electron chi connectivity index (χ1n) is 7.90. The number of rotatable bonds is 4. The van der Waals surface area contributed by atoms with E-state index in [1.165, 1.54) is 11.3 Å². The summed E-state index contributed by atoms with van der Waals surface area (Å²) in [7, 11) is 0. The number of aromatic nitrogens is 3. The van der Waals surface area contributed by atoms with Crippen LogP contribution in [-0.4, -0.2) is 33.9 Å². The molecule has 7 heteroatoms. The highest BCUT2D eigenvalue weighted by atomic mass is 32.1. The largest absolute Gasteiger partial charge is 0.355 e. The zero-order chi connectivity index (χ0) is 16.2. The molecule has 1 fully saturated rings. The van der Waals surface area contributed by atoms with Crippen LogP contribution in [0, 0.1) is 5.92 Å². The number of hydrogen-bond acceptors (Lipinski definition) is 6. The van der Waals surface area contributed by atoms with Crippen molar-refractivity contribution in [1.29, 1.82) is 0 Å². The quantitative estimate of drug-likeness (QED) is 0.933. The molecule has 0 aliphatic carbocycles. The van der Waals surface area contributed by atoms with Crippen molar-refractivity contribution < 1.29 is 4.79 Å². The zero-order valence-electron chi connectivity index (χ0n) is 13.4. The van der Waals surface area contributed by atoms with Gasteiger partial charge in [0.15, 0.2) is 5.13 Å². The van der Waals surface area contributed by atoms with Gasteiger partial charge in [0.1, 0.15) is 5.82 Å². The molecule has 2 aromatic rings. The molecule has 0 aromatic carbocycles. The number of piperidine rings is 1. The molecule has 3 rings (SSSR count). The average molecular weight is 331 g/mol. The minimum atomic E-state index is -0.0443. The predicted molar refractivity (Wildman–Crippen MR) is 91.8 cm³/mol. The van der Waals surface area contributed by atoms with Crippen molar-refractivity contribution in [3.63, 3.8) is 0 Å². The van der Waals surface area contributed by atoms with Crippen LogP contribution in [0.4, 0.5) is 10.9 Å². The van der Waals surface area contributed by atoms with Gasteiger partial charge in [0.05, 0.1) is 17.8 Å². The Labute approximate surface area is 140 Å². The van der Waals surface area contributed by atoms with Gasteiger partial charge in [-0.15, -0.1) is 11.3 Å². The van der Waals surface area contributed by atoms with Crippen LogP contribution in [0.1, 0.15) is 38.3 Å². The van der Waals surface area contributed by atoms with Gasteiger partial charge < -0.3 is 10.2 Å². The van der Waals surface area contributed by atoms with E-state index in [1.54, 1.807) is 18.6 Å². The molecule has 1 N–H and O–H groups in total. The maximum absolute atomic E-state index is 12.5. The van der Waals surface area contributed by atoms with Crippen molar-refractivity contribution in [2.75, 3.05) is 23.3 Å². The fraction of sp³-hybridized carbons (Fsp3) is 0.500. The van der Waals surface area contributed by atoms with Gasteiger partial charge in [-0.05, 0) is 18.8 Å². The number of nitrogens with zero attached hydrogens (tertiary/aromatic N) is 4. The molecule has 122 valence electrons. The Morgan fingerprint density at radius 2 is 2.30 bits per heavy atom. The fourth-order valence-corrected chi connectivity index (χ4v) is 3.54. The number of carbonyl (C=O) groups is 1. The van der Waals surface area contributed by atoms with Gasteiger partial charge in [0.2, 0.25) is 5.91 Å². The molecule has 1 aliphatic heterocycles. The van der Waals surface area contributed by atoms with Crippen molar-refractivity contribution in [3.05, 3.63) is 29.7 Å². The molecule has 0 unspecified atom stereocenters. The van der Waals surface area contributed by atoms with Gasteiger partial charge in [-0.3, -0.25) is 9.78 Å². The lowest BCUT2D eigenvalue weighted by Crippen LogP contribution is -2.41. The van der Waals surface area contributed by atoms with Crippen LogP contribution in [0.3, 0.4) is 0 Å². The highest BCUT2D eigenvalue weighted by Crippen LogP contribution is 2.25. The summed E-state index contributed by atoms with van der Waals surface area (Å²) in [6, 6.07) is 0. The smallest absolute Gasteiger partial charge is 0.231 e. The monoisotopic (exact) mass is 331 g/mol. The first-order valence-corrected chi connectivity index (χ1v) is 8.78. The Morgan fingerprint density at radius 3 is 3.00 bits per heavy atom. The molecule has 1 amide bonds. The lowest BCUT2D eigenvalue weighted by atomic mass is 9.97. The second-order valence-electron chi connectivity index (χ2n) is 6.07. The number of nitrogens with one attached hydrogen (secondary N) is 1. The molecule has 1 aliphatic rings. The second-order valence-corrected chi connectivity index (χ2v) is 6.93. The lowest BCUT2D eigenvalue weighted by molar-refractivity contribution is -0.120. The minimum absolute atomic E-state index is 0.0443. The Hall–Kier alpha value is -2.02. The summed E-state index contributed by atoms with van der Waals surface area (Å²) in [5.41, 5.74) is 1.02. The maximum atomic E-state index is 12.5. The van der Waals surface area contributed by atoms with Crippen LogP contribution in [-0.2, 0) is 4.79 Å². The molecule has 0 saturated carbocycles. The summed E-state index contributed by atoms with van der Waals surface area (Å²) in [5.74, 6) is 1.21. The number of carbonyl (C=O) groups excluding carboxylic acids is 1. The van der Waals surface area contributed by atoms with Crippen LogP contribution in [0.25, 0.3) is 0 Å². The van der Waals surface area contributed by atoms with E-state index in [2.05, 4.69) is 39.0 Å². The third kappa shape index (κ3) is 3.85. The molecule has 0 spiro atoms. The summed E-state index contributed by atoms with van der Waals surface area (Å²) in [4.78, 5) is 27.5. The average Bonchev–Trinajstić information content (AvgIpc) is 3.04. The number of amides is 1. The Bertz CT molecular complexity index is 658. The molecule has 2 aromatic heterocycles. The lowest BCUT2D eigenvalue weighted by Gasteiger charge is -2.32. The summed E-state index contributed by atoms with van der Waals surface area (Å²) in [5, 5.41) is 5.66. The Morgan fingerprint density at radius 1 is 1.43 bits per heavy atom. The Balaban J connectivity index is 1.62. The molecule has 0 bridgehead atoms. The number of thiazole rings is 1.